The van der Waals surface area contributed by atoms with Crippen molar-refractivity contribution in [1.82, 2.24) is 14.8 Å². The van der Waals surface area contributed by atoms with E-state index in [2.05, 4.69) is 37.6 Å². The highest BCUT2D eigenvalue weighted by Crippen LogP contribution is 2.31. The SMILES string of the molecule is CC(C)c1nc(C(=O)N2CCOC3(CCN(CCCCCCCC(C)(C)CO)CC3)C2)cs1. The van der Waals surface area contributed by atoms with Crippen LogP contribution in [-0.4, -0.2) is 77.3 Å². The first kappa shape index (κ1) is 26.6. The molecule has 0 radical (unpaired) electrons. The van der Waals surface area contributed by atoms with E-state index in [4.69, 9.17) is 4.74 Å². The van der Waals surface area contributed by atoms with Gasteiger partial charge >= 0.3 is 0 Å². The number of thiazole rings is 1. The van der Waals surface area contributed by atoms with Crippen LogP contribution in [0.5, 0.6) is 0 Å². The van der Waals surface area contributed by atoms with Gasteiger partial charge in [0.05, 0.1) is 23.8 Å². The minimum absolute atomic E-state index is 0.0608. The molecule has 1 N–H and O–H groups in total. The molecule has 0 bridgehead atoms. The maximum Gasteiger partial charge on any atom is 0.273 e. The Morgan fingerprint density at radius 3 is 2.55 bits per heavy atom. The summed E-state index contributed by atoms with van der Waals surface area (Å²) >= 11 is 1.59. The normalized spacial score (nSPS) is 19.5. The lowest BCUT2D eigenvalue weighted by Gasteiger charge is -2.47. The number of nitrogens with zero attached hydrogens (tertiary/aromatic N) is 3. The number of aliphatic hydroxyl groups excluding tert-OH is 1. The Morgan fingerprint density at radius 2 is 1.88 bits per heavy atom. The zero-order valence-electron chi connectivity index (χ0n) is 21.3. The number of carbonyl (C=O) groups excluding carboxylic acids is 1. The highest BCUT2D eigenvalue weighted by molar-refractivity contribution is 7.09. The fraction of sp³-hybridized carbons (Fsp3) is 0.846. The number of ether oxygens (including phenoxy) is 1. The lowest BCUT2D eigenvalue weighted by molar-refractivity contribution is -0.127. The van der Waals surface area contributed by atoms with Gasteiger partial charge in [-0.05, 0) is 37.6 Å². The average molecular weight is 480 g/mol. The average Bonchev–Trinajstić information content (AvgIpc) is 3.30. The molecule has 188 valence electrons. The van der Waals surface area contributed by atoms with Crippen LogP contribution in [0.1, 0.15) is 100 Å². The molecule has 2 saturated heterocycles. The Morgan fingerprint density at radius 1 is 1.18 bits per heavy atom. The zero-order valence-corrected chi connectivity index (χ0v) is 22.1. The van der Waals surface area contributed by atoms with Gasteiger partial charge in [-0.2, -0.15) is 0 Å². The van der Waals surface area contributed by atoms with Crippen LogP contribution in [0, 0.1) is 5.41 Å². The van der Waals surface area contributed by atoms with Gasteiger partial charge in [0.15, 0.2) is 0 Å². The highest BCUT2D eigenvalue weighted by atomic mass is 32.1. The smallest absolute Gasteiger partial charge is 0.273 e. The van der Waals surface area contributed by atoms with Gasteiger partial charge in [-0.1, -0.05) is 53.4 Å². The van der Waals surface area contributed by atoms with E-state index in [0.717, 1.165) is 43.9 Å². The number of carbonyl (C=O) groups is 1. The van der Waals surface area contributed by atoms with Crippen LogP contribution >= 0.6 is 11.3 Å². The van der Waals surface area contributed by atoms with Crippen LogP contribution < -0.4 is 0 Å². The van der Waals surface area contributed by atoms with E-state index in [1.165, 1.54) is 32.1 Å². The largest absolute Gasteiger partial charge is 0.396 e. The van der Waals surface area contributed by atoms with Gasteiger partial charge in [0.2, 0.25) is 0 Å². The number of morpholine rings is 1. The Balaban J connectivity index is 1.35. The monoisotopic (exact) mass is 479 g/mol. The molecule has 6 nitrogen and oxygen atoms in total. The number of unbranched alkanes of at least 4 members (excludes halogenated alkanes) is 4. The number of hydrogen-bond donors (Lipinski definition) is 1. The molecule has 1 spiro atoms. The van der Waals surface area contributed by atoms with Crippen molar-refractivity contribution in [3.63, 3.8) is 0 Å². The molecule has 2 aliphatic heterocycles. The van der Waals surface area contributed by atoms with E-state index in [-0.39, 0.29) is 23.5 Å². The molecular weight excluding hydrogens is 434 g/mol. The van der Waals surface area contributed by atoms with E-state index in [9.17, 15) is 9.90 Å². The molecule has 33 heavy (non-hydrogen) atoms. The van der Waals surface area contributed by atoms with E-state index in [1.54, 1.807) is 11.3 Å². The van der Waals surface area contributed by atoms with E-state index < -0.39 is 0 Å². The summed E-state index contributed by atoms with van der Waals surface area (Å²) in [5.41, 5.74) is 0.488. The third kappa shape index (κ3) is 7.74. The molecule has 1 amide bonds. The predicted octanol–water partition coefficient (Wildman–Crippen LogP) is 4.93. The molecule has 0 aromatic carbocycles. The summed E-state index contributed by atoms with van der Waals surface area (Å²) in [6.07, 6.45) is 9.42. The van der Waals surface area contributed by atoms with Crippen LogP contribution in [0.4, 0.5) is 0 Å². The number of aliphatic hydroxyl groups is 1. The van der Waals surface area contributed by atoms with Gasteiger partial charge in [-0.15, -0.1) is 11.3 Å². The second-order valence-electron chi connectivity index (χ2n) is 11.2. The molecule has 3 heterocycles. The van der Waals surface area contributed by atoms with Gasteiger partial charge in [0, 0.05) is 37.5 Å². The van der Waals surface area contributed by atoms with E-state index in [0.29, 0.717) is 31.3 Å². The molecule has 3 rings (SSSR count). The maximum absolute atomic E-state index is 13.0. The van der Waals surface area contributed by atoms with Crippen LogP contribution in [0.2, 0.25) is 0 Å². The minimum Gasteiger partial charge on any atom is -0.396 e. The number of aromatic nitrogens is 1. The molecular formula is C26H45N3O3S. The second kappa shape index (κ2) is 12.1. The topological polar surface area (TPSA) is 65.9 Å². The van der Waals surface area contributed by atoms with Gasteiger partial charge in [-0.25, -0.2) is 4.98 Å². The first-order valence-corrected chi connectivity index (χ1v) is 13.8. The van der Waals surface area contributed by atoms with Gasteiger partial charge in [0.25, 0.3) is 5.91 Å². The van der Waals surface area contributed by atoms with Crippen molar-refractivity contribution in [2.24, 2.45) is 5.41 Å². The summed E-state index contributed by atoms with van der Waals surface area (Å²) in [4.78, 5) is 22.2. The second-order valence-corrected chi connectivity index (χ2v) is 12.1. The first-order chi connectivity index (χ1) is 15.7. The quantitative estimate of drug-likeness (QED) is 0.456. The van der Waals surface area contributed by atoms with E-state index >= 15 is 0 Å². The molecule has 0 atom stereocenters. The first-order valence-electron chi connectivity index (χ1n) is 13.0. The fourth-order valence-electron chi connectivity index (χ4n) is 4.87. The van der Waals surface area contributed by atoms with Crippen molar-refractivity contribution >= 4 is 17.2 Å². The standard InChI is InChI=1S/C26H45N3O3S/c1-21(2)23-27-22(18-33-23)24(31)29-16-17-32-26(19-29)11-14-28(15-12-26)13-9-7-5-6-8-10-25(3,4)20-30/h18,21,30H,5-17,19-20H2,1-4H3. The van der Waals surface area contributed by atoms with Gasteiger partial charge < -0.3 is 19.6 Å². The van der Waals surface area contributed by atoms with Crippen LogP contribution in [0.15, 0.2) is 5.38 Å². The van der Waals surface area contributed by atoms with Crippen molar-refractivity contribution in [3.05, 3.63) is 16.1 Å². The summed E-state index contributed by atoms with van der Waals surface area (Å²) in [6, 6.07) is 0. The molecule has 0 aliphatic carbocycles. The molecule has 1 aromatic rings. The van der Waals surface area contributed by atoms with Gasteiger partial charge in [0.1, 0.15) is 5.69 Å². The Bertz CT molecular complexity index is 741. The lowest BCUT2D eigenvalue weighted by Crippen LogP contribution is -2.58. The summed E-state index contributed by atoms with van der Waals surface area (Å²) in [5.74, 6) is 0.418. The summed E-state index contributed by atoms with van der Waals surface area (Å²) in [7, 11) is 0. The van der Waals surface area contributed by atoms with Crippen LogP contribution in [0.25, 0.3) is 0 Å². The Hall–Kier alpha value is -1.02. The number of likely N-dealkylation sites (tertiary alicyclic amines) is 1. The minimum atomic E-state index is -0.180. The molecule has 1 aromatic heterocycles. The molecule has 2 fully saturated rings. The molecule has 0 saturated carbocycles. The van der Waals surface area contributed by atoms with E-state index in [1.807, 2.05) is 10.3 Å². The zero-order chi connectivity index (χ0) is 23.9. The summed E-state index contributed by atoms with van der Waals surface area (Å²) in [5, 5.41) is 12.3. The fourth-order valence-corrected chi connectivity index (χ4v) is 5.68. The third-order valence-corrected chi connectivity index (χ3v) is 8.44. The lowest BCUT2D eigenvalue weighted by atomic mass is 9.88. The summed E-state index contributed by atoms with van der Waals surface area (Å²) in [6.45, 7) is 14.1. The summed E-state index contributed by atoms with van der Waals surface area (Å²) < 4.78 is 6.26. The Kier molecular flexibility index (Phi) is 9.74. The predicted molar refractivity (Wildman–Crippen MR) is 135 cm³/mol. The maximum atomic E-state index is 13.0. The number of amides is 1. The third-order valence-electron chi connectivity index (χ3n) is 7.29. The van der Waals surface area contributed by atoms with Crippen molar-refractivity contribution in [3.8, 4) is 0 Å². The molecule has 7 heteroatoms. The van der Waals surface area contributed by atoms with Gasteiger partial charge in [-0.3, -0.25) is 4.79 Å². The number of rotatable bonds is 11. The Labute approximate surface area is 204 Å². The molecule has 0 unspecified atom stereocenters. The number of hydrogen-bond acceptors (Lipinski definition) is 6. The highest BCUT2D eigenvalue weighted by Gasteiger charge is 2.41. The number of piperidine rings is 1. The molecule has 2 aliphatic rings. The van der Waals surface area contributed by atoms with Crippen LogP contribution in [-0.2, 0) is 4.74 Å². The van der Waals surface area contributed by atoms with Crippen molar-refractivity contribution in [2.75, 3.05) is 45.9 Å². The van der Waals surface area contributed by atoms with Crippen LogP contribution in [0.3, 0.4) is 0 Å². The van der Waals surface area contributed by atoms with Crippen molar-refractivity contribution in [1.29, 1.82) is 0 Å². The van der Waals surface area contributed by atoms with Crippen molar-refractivity contribution in [2.45, 2.75) is 90.6 Å². The van der Waals surface area contributed by atoms with Crippen molar-refractivity contribution < 1.29 is 14.6 Å².